The summed E-state index contributed by atoms with van der Waals surface area (Å²) in [6.45, 7) is 4.38. The van der Waals surface area contributed by atoms with Crippen molar-refractivity contribution in [2.45, 2.75) is 57.2 Å². The van der Waals surface area contributed by atoms with Crippen molar-refractivity contribution in [2.75, 3.05) is 6.61 Å². The second-order valence-electron chi connectivity index (χ2n) is 5.39. The lowest BCUT2D eigenvalue weighted by Gasteiger charge is -2.32. The van der Waals surface area contributed by atoms with Gasteiger partial charge in [0.05, 0.1) is 12.7 Å². The molecule has 3 N–H and O–H groups in total. The van der Waals surface area contributed by atoms with E-state index in [1.54, 1.807) is 0 Å². The molecule has 1 amide bonds. The second kappa shape index (κ2) is 4.34. The topological polar surface area (TPSA) is 64.3 Å². The van der Waals surface area contributed by atoms with E-state index in [1.807, 2.05) is 13.8 Å². The lowest BCUT2D eigenvalue weighted by molar-refractivity contribution is -0.129. The molecule has 0 spiro atoms. The van der Waals surface area contributed by atoms with Gasteiger partial charge in [-0.1, -0.05) is 0 Å². The highest BCUT2D eigenvalue weighted by Gasteiger charge is 2.52. The standard InChI is InChI=1S/C12H22N2O2/c1-8(2)16-7-12(11(13)15,9-3-4-9)14-10-5-6-10/h8-10,14H,3-7H2,1-2H3,(H2,13,15). The van der Waals surface area contributed by atoms with Crippen molar-refractivity contribution in [1.29, 1.82) is 0 Å². The van der Waals surface area contributed by atoms with Gasteiger partial charge in [-0.3, -0.25) is 10.1 Å². The zero-order chi connectivity index (χ0) is 11.8. The molecule has 4 heteroatoms. The van der Waals surface area contributed by atoms with Gasteiger partial charge in [-0.05, 0) is 45.4 Å². The molecule has 2 aliphatic rings. The van der Waals surface area contributed by atoms with Crippen LogP contribution in [0.1, 0.15) is 39.5 Å². The number of primary amides is 1. The van der Waals surface area contributed by atoms with Crippen LogP contribution in [0.4, 0.5) is 0 Å². The Labute approximate surface area is 96.9 Å². The van der Waals surface area contributed by atoms with Gasteiger partial charge in [0.2, 0.25) is 5.91 Å². The number of ether oxygens (including phenoxy) is 1. The van der Waals surface area contributed by atoms with E-state index in [4.69, 9.17) is 10.5 Å². The van der Waals surface area contributed by atoms with E-state index >= 15 is 0 Å². The molecule has 2 rings (SSSR count). The predicted molar refractivity (Wildman–Crippen MR) is 61.9 cm³/mol. The first-order valence-electron chi connectivity index (χ1n) is 6.24. The van der Waals surface area contributed by atoms with Crippen molar-refractivity contribution >= 4 is 5.91 Å². The maximum Gasteiger partial charge on any atom is 0.240 e. The largest absolute Gasteiger partial charge is 0.376 e. The van der Waals surface area contributed by atoms with Gasteiger partial charge in [-0.2, -0.15) is 0 Å². The summed E-state index contributed by atoms with van der Waals surface area (Å²) in [6, 6.07) is 0.476. The molecule has 4 nitrogen and oxygen atoms in total. The van der Waals surface area contributed by atoms with Crippen LogP contribution >= 0.6 is 0 Å². The molecule has 0 bridgehead atoms. The number of amides is 1. The Balaban J connectivity index is 2.03. The highest BCUT2D eigenvalue weighted by Crippen LogP contribution is 2.41. The molecule has 1 atom stereocenters. The normalized spacial score (nSPS) is 24.4. The summed E-state index contributed by atoms with van der Waals surface area (Å²) in [5, 5.41) is 3.42. The van der Waals surface area contributed by atoms with Crippen LogP contribution in [0.5, 0.6) is 0 Å². The van der Waals surface area contributed by atoms with Crippen LogP contribution in [0.3, 0.4) is 0 Å². The SMILES string of the molecule is CC(C)OCC(NC1CC1)(C(N)=O)C1CC1. The van der Waals surface area contributed by atoms with Crippen molar-refractivity contribution in [1.82, 2.24) is 5.32 Å². The van der Waals surface area contributed by atoms with Crippen LogP contribution in [0.15, 0.2) is 0 Å². The number of hydrogen-bond acceptors (Lipinski definition) is 3. The van der Waals surface area contributed by atoms with Crippen LogP contribution in [-0.4, -0.2) is 30.2 Å². The lowest BCUT2D eigenvalue weighted by atomic mass is 9.93. The van der Waals surface area contributed by atoms with Crippen molar-refractivity contribution in [2.24, 2.45) is 11.7 Å². The number of nitrogens with one attached hydrogen (secondary N) is 1. The molecule has 0 heterocycles. The van der Waals surface area contributed by atoms with E-state index in [-0.39, 0.29) is 12.0 Å². The Morgan fingerprint density at radius 1 is 1.44 bits per heavy atom. The summed E-state index contributed by atoms with van der Waals surface area (Å²) in [5.41, 5.74) is 4.99. The third kappa shape index (κ3) is 2.55. The smallest absolute Gasteiger partial charge is 0.240 e. The first kappa shape index (κ1) is 11.9. The van der Waals surface area contributed by atoms with Gasteiger partial charge < -0.3 is 10.5 Å². The average molecular weight is 226 g/mol. The summed E-state index contributed by atoms with van der Waals surface area (Å²) in [5.74, 6) is 0.131. The van der Waals surface area contributed by atoms with Crippen molar-refractivity contribution < 1.29 is 9.53 Å². The molecule has 2 aliphatic carbocycles. The Bertz CT molecular complexity index is 272. The van der Waals surface area contributed by atoms with E-state index in [0.717, 1.165) is 25.7 Å². The first-order valence-corrected chi connectivity index (χ1v) is 6.24. The molecule has 0 radical (unpaired) electrons. The highest BCUT2D eigenvalue weighted by molar-refractivity contribution is 5.86. The van der Waals surface area contributed by atoms with E-state index in [9.17, 15) is 4.79 Å². The van der Waals surface area contributed by atoms with Gasteiger partial charge in [-0.25, -0.2) is 0 Å². The molecule has 2 saturated carbocycles. The van der Waals surface area contributed by atoms with Gasteiger partial charge in [0.15, 0.2) is 0 Å². The molecular weight excluding hydrogens is 204 g/mol. The number of hydrogen-bond donors (Lipinski definition) is 2. The maximum absolute atomic E-state index is 11.8. The zero-order valence-corrected chi connectivity index (χ0v) is 10.2. The molecule has 0 saturated heterocycles. The zero-order valence-electron chi connectivity index (χ0n) is 10.2. The minimum Gasteiger partial charge on any atom is -0.376 e. The Kier molecular flexibility index (Phi) is 3.22. The molecule has 0 aromatic carbocycles. The number of carbonyl (C=O) groups excluding carboxylic acids is 1. The maximum atomic E-state index is 11.8. The molecule has 1 unspecified atom stereocenters. The van der Waals surface area contributed by atoms with Crippen LogP contribution in [0.2, 0.25) is 0 Å². The van der Waals surface area contributed by atoms with E-state index in [2.05, 4.69) is 5.32 Å². The van der Waals surface area contributed by atoms with Gasteiger partial charge in [0.25, 0.3) is 0 Å². The molecule has 92 valence electrons. The van der Waals surface area contributed by atoms with Gasteiger partial charge in [0, 0.05) is 6.04 Å². The van der Waals surface area contributed by atoms with Crippen LogP contribution in [0, 0.1) is 5.92 Å². The Hall–Kier alpha value is -0.610. The van der Waals surface area contributed by atoms with Crippen LogP contribution < -0.4 is 11.1 Å². The lowest BCUT2D eigenvalue weighted by Crippen LogP contribution is -2.61. The summed E-state index contributed by atoms with van der Waals surface area (Å²) in [4.78, 5) is 11.8. The molecule has 16 heavy (non-hydrogen) atoms. The summed E-state index contributed by atoms with van der Waals surface area (Å²) >= 11 is 0. The first-order chi connectivity index (χ1) is 7.54. The fourth-order valence-corrected chi connectivity index (χ4v) is 2.09. The third-order valence-corrected chi connectivity index (χ3v) is 3.40. The minimum absolute atomic E-state index is 0.137. The molecule has 0 aromatic heterocycles. The fourth-order valence-electron chi connectivity index (χ4n) is 2.09. The summed E-state index contributed by atoms with van der Waals surface area (Å²) in [7, 11) is 0. The quantitative estimate of drug-likeness (QED) is 0.675. The number of rotatable bonds is 7. The number of carbonyl (C=O) groups is 1. The van der Waals surface area contributed by atoms with Crippen molar-refractivity contribution in [3.05, 3.63) is 0 Å². The highest BCUT2D eigenvalue weighted by atomic mass is 16.5. The number of nitrogens with two attached hydrogens (primary N) is 1. The van der Waals surface area contributed by atoms with E-state index < -0.39 is 5.54 Å². The monoisotopic (exact) mass is 226 g/mol. The Morgan fingerprint density at radius 2 is 2.06 bits per heavy atom. The fraction of sp³-hybridized carbons (Fsp3) is 0.917. The van der Waals surface area contributed by atoms with Crippen LogP contribution in [0.25, 0.3) is 0 Å². The van der Waals surface area contributed by atoms with Gasteiger partial charge in [0.1, 0.15) is 5.54 Å². The summed E-state index contributed by atoms with van der Waals surface area (Å²) < 4.78 is 5.64. The van der Waals surface area contributed by atoms with E-state index in [0.29, 0.717) is 18.6 Å². The van der Waals surface area contributed by atoms with Gasteiger partial charge in [-0.15, -0.1) is 0 Å². The molecular formula is C12H22N2O2. The minimum atomic E-state index is -0.606. The third-order valence-electron chi connectivity index (χ3n) is 3.40. The van der Waals surface area contributed by atoms with Gasteiger partial charge >= 0.3 is 0 Å². The average Bonchev–Trinajstić information content (AvgIpc) is 3.02. The Morgan fingerprint density at radius 3 is 2.44 bits per heavy atom. The molecule has 0 aliphatic heterocycles. The van der Waals surface area contributed by atoms with E-state index in [1.165, 1.54) is 0 Å². The predicted octanol–water partition coefficient (Wildman–Crippen LogP) is 0.797. The van der Waals surface area contributed by atoms with Crippen LogP contribution in [-0.2, 0) is 9.53 Å². The van der Waals surface area contributed by atoms with Crippen molar-refractivity contribution in [3.63, 3.8) is 0 Å². The second-order valence-corrected chi connectivity index (χ2v) is 5.39. The molecule has 2 fully saturated rings. The van der Waals surface area contributed by atoms with Crippen molar-refractivity contribution in [3.8, 4) is 0 Å². The summed E-state index contributed by atoms with van der Waals surface area (Å²) in [6.07, 6.45) is 4.62. The molecule has 0 aromatic rings.